The van der Waals surface area contributed by atoms with Crippen molar-refractivity contribution < 1.29 is 24.0 Å². The van der Waals surface area contributed by atoms with E-state index in [9.17, 15) is 14.4 Å². The second-order valence-corrected chi connectivity index (χ2v) is 11.6. The number of carbonyl (C=O) groups is 3. The van der Waals surface area contributed by atoms with Gasteiger partial charge in [-0.1, -0.05) is 75.7 Å². The van der Waals surface area contributed by atoms with Crippen LogP contribution in [0.5, 0.6) is 0 Å². The summed E-state index contributed by atoms with van der Waals surface area (Å²) in [5.74, 6) is -0.353. The minimum absolute atomic E-state index is 0.0449. The van der Waals surface area contributed by atoms with Crippen molar-refractivity contribution in [1.82, 2.24) is 30.7 Å². The van der Waals surface area contributed by atoms with Gasteiger partial charge in [-0.3, -0.25) is 14.4 Å². The Morgan fingerprint density at radius 1 is 0.955 bits per heavy atom. The van der Waals surface area contributed by atoms with Gasteiger partial charge in [0, 0.05) is 42.9 Å². The Morgan fingerprint density at radius 2 is 1.64 bits per heavy atom. The van der Waals surface area contributed by atoms with E-state index in [1.165, 1.54) is 0 Å². The van der Waals surface area contributed by atoms with Crippen LogP contribution in [0.2, 0.25) is 0 Å². The number of nitrogens with one attached hydrogen (secondary N) is 2. The Morgan fingerprint density at radius 3 is 2.25 bits per heavy atom. The SMILES string of the molecule is CCCCc1noc(-c2cnc(-c3ccc(C[C@H](NC(=O)c4ccc(C(C)(C)C)cc4)C(=O)NCCC(=O)O)cc3)nc2)n1. The molecule has 4 rings (SSSR count). The standard InChI is InChI=1S/C33H38N6O5/c1-5-6-7-27-38-32(44-39-27)24-19-35-29(36-20-24)22-10-8-21(9-11-22)18-26(31(43)34-17-16-28(40)41)37-30(42)23-12-14-25(15-13-23)33(2,3)4/h8-15,19-20,26H,5-7,16-18H2,1-4H3,(H,34,43)(H,37,42)(H,40,41)/t26-/m0/s1. The molecule has 0 fully saturated rings. The fourth-order valence-electron chi connectivity index (χ4n) is 4.41. The molecule has 0 aliphatic heterocycles. The van der Waals surface area contributed by atoms with Crippen LogP contribution in [0.3, 0.4) is 0 Å². The summed E-state index contributed by atoms with van der Waals surface area (Å²) >= 11 is 0. The molecule has 230 valence electrons. The van der Waals surface area contributed by atoms with Crippen molar-refractivity contribution in [2.24, 2.45) is 0 Å². The lowest BCUT2D eigenvalue weighted by atomic mass is 9.86. The monoisotopic (exact) mass is 598 g/mol. The van der Waals surface area contributed by atoms with Crippen LogP contribution < -0.4 is 10.6 Å². The zero-order valence-corrected chi connectivity index (χ0v) is 25.5. The van der Waals surface area contributed by atoms with Gasteiger partial charge in [0.25, 0.3) is 11.8 Å². The number of carboxylic acid groups (broad SMARTS) is 1. The lowest BCUT2D eigenvalue weighted by Crippen LogP contribution is -2.48. The smallest absolute Gasteiger partial charge is 0.305 e. The first-order valence-corrected chi connectivity index (χ1v) is 14.7. The van der Waals surface area contributed by atoms with Crippen molar-refractivity contribution in [1.29, 1.82) is 0 Å². The number of hydrogen-bond donors (Lipinski definition) is 3. The van der Waals surface area contributed by atoms with E-state index in [-0.39, 0.29) is 24.8 Å². The number of amides is 2. The van der Waals surface area contributed by atoms with Crippen LogP contribution in [-0.4, -0.2) is 55.6 Å². The molecule has 0 radical (unpaired) electrons. The van der Waals surface area contributed by atoms with Crippen molar-refractivity contribution >= 4 is 17.8 Å². The molecule has 0 unspecified atom stereocenters. The molecule has 3 N–H and O–H groups in total. The van der Waals surface area contributed by atoms with Gasteiger partial charge < -0.3 is 20.3 Å². The lowest BCUT2D eigenvalue weighted by Gasteiger charge is -2.20. The Kier molecular flexibility index (Phi) is 10.5. The molecule has 0 saturated heterocycles. The summed E-state index contributed by atoms with van der Waals surface area (Å²) in [5.41, 5.74) is 3.63. The molecule has 4 aromatic rings. The summed E-state index contributed by atoms with van der Waals surface area (Å²) in [5, 5.41) is 18.4. The van der Waals surface area contributed by atoms with E-state index in [1.807, 2.05) is 36.4 Å². The summed E-state index contributed by atoms with van der Waals surface area (Å²) in [6.07, 6.45) is 6.02. The minimum Gasteiger partial charge on any atom is -0.481 e. The van der Waals surface area contributed by atoms with Gasteiger partial charge in [0.05, 0.1) is 12.0 Å². The maximum Gasteiger partial charge on any atom is 0.305 e. The summed E-state index contributed by atoms with van der Waals surface area (Å²) < 4.78 is 5.34. The van der Waals surface area contributed by atoms with E-state index >= 15 is 0 Å². The summed E-state index contributed by atoms with van der Waals surface area (Å²) in [4.78, 5) is 50.3. The molecule has 2 heterocycles. The van der Waals surface area contributed by atoms with E-state index in [1.54, 1.807) is 24.5 Å². The molecule has 0 aliphatic carbocycles. The Labute approximate surface area is 256 Å². The summed E-state index contributed by atoms with van der Waals surface area (Å²) in [6.45, 7) is 8.33. The second kappa shape index (κ2) is 14.5. The number of carboxylic acids is 1. The minimum atomic E-state index is -1.02. The summed E-state index contributed by atoms with van der Waals surface area (Å²) in [6, 6.07) is 13.7. The lowest BCUT2D eigenvalue weighted by molar-refractivity contribution is -0.137. The molecule has 2 aromatic carbocycles. The predicted molar refractivity (Wildman–Crippen MR) is 165 cm³/mol. The molecule has 2 aromatic heterocycles. The second-order valence-electron chi connectivity index (χ2n) is 11.6. The highest BCUT2D eigenvalue weighted by Crippen LogP contribution is 2.23. The topological polar surface area (TPSA) is 160 Å². The average molecular weight is 599 g/mol. The predicted octanol–water partition coefficient (Wildman–Crippen LogP) is 4.77. The number of aryl methyl sites for hydroxylation is 1. The van der Waals surface area contributed by atoms with E-state index in [4.69, 9.17) is 9.63 Å². The van der Waals surface area contributed by atoms with E-state index in [0.717, 1.165) is 36.0 Å². The zero-order valence-electron chi connectivity index (χ0n) is 25.5. The van der Waals surface area contributed by atoms with Gasteiger partial charge in [-0.05, 0) is 35.1 Å². The van der Waals surface area contributed by atoms with Crippen LogP contribution in [-0.2, 0) is 27.8 Å². The molecule has 11 heteroatoms. The third-order valence-electron chi connectivity index (χ3n) is 7.05. The summed E-state index contributed by atoms with van der Waals surface area (Å²) in [7, 11) is 0. The van der Waals surface area contributed by atoms with Crippen LogP contribution in [0.25, 0.3) is 22.8 Å². The van der Waals surface area contributed by atoms with Gasteiger partial charge in [0.15, 0.2) is 11.6 Å². The molecule has 2 amide bonds. The largest absolute Gasteiger partial charge is 0.481 e. The molecule has 0 saturated carbocycles. The molecule has 1 atom stereocenters. The Hall–Kier alpha value is -4.93. The van der Waals surface area contributed by atoms with Crippen LogP contribution in [0, 0.1) is 0 Å². The zero-order chi connectivity index (χ0) is 31.7. The molecule has 0 spiro atoms. The molecule has 0 bridgehead atoms. The number of aliphatic carboxylic acids is 1. The normalized spacial score (nSPS) is 12.0. The molecule has 44 heavy (non-hydrogen) atoms. The number of unbranched alkanes of at least 4 members (excludes halogenated alkanes) is 1. The maximum atomic E-state index is 13.1. The van der Waals surface area contributed by atoms with Crippen molar-refractivity contribution in [2.75, 3.05) is 6.54 Å². The number of carbonyl (C=O) groups excluding carboxylic acids is 2. The van der Waals surface area contributed by atoms with Crippen molar-refractivity contribution in [3.8, 4) is 22.8 Å². The van der Waals surface area contributed by atoms with Crippen molar-refractivity contribution in [2.45, 2.75) is 71.3 Å². The van der Waals surface area contributed by atoms with E-state index in [2.05, 4.69) is 58.4 Å². The fraction of sp³-hybridized carbons (Fsp3) is 0.364. The van der Waals surface area contributed by atoms with Crippen LogP contribution in [0.1, 0.15) is 74.3 Å². The highest BCUT2D eigenvalue weighted by molar-refractivity contribution is 5.97. The quantitative estimate of drug-likeness (QED) is 0.197. The number of hydrogen-bond acceptors (Lipinski definition) is 8. The average Bonchev–Trinajstić information content (AvgIpc) is 3.48. The third kappa shape index (κ3) is 8.79. The van der Waals surface area contributed by atoms with Crippen molar-refractivity contribution in [3.05, 3.63) is 83.4 Å². The number of aromatic nitrogens is 4. The molecule has 11 nitrogen and oxygen atoms in total. The molecule has 0 aliphatic rings. The van der Waals surface area contributed by atoms with Gasteiger partial charge in [-0.15, -0.1) is 0 Å². The highest BCUT2D eigenvalue weighted by Gasteiger charge is 2.23. The third-order valence-corrected chi connectivity index (χ3v) is 7.05. The van der Waals surface area contributed by atoms with Gasteiger partial charge in [-0.25, -0.2) is 9.97 Å². The van der Waals surface area contributed by atoms with Gasteiger partial charge >= 0.3 is 5.97 Å². The first-order chi connectivity index (χ1) is 21.0. The number of nitrogens with zero attached hydrogens (tertiary/aromatic N) is 4. The first-order valence-electron chi connectivity index (χ1n) is 14.7. The van der Waals surface area contributed by atoms with Crippen molar-refractivity contribution in [3.63, 3.8) is 0 Å². The van der Waals surface area contributed by atoms with Gasteiger partial charge in [-0.2, -0.15) is 4.98 Å². The number of rotatable bonds is 13. The van der Waals surface area contributed by atoms with E-state index < -0.39 is 23.8 Å². The molecular formula is C33H38N6O5. The van der Waals surface area contributed by atoms with Gasteiger partial charge in [0.1, 0.15) is 6.04 Å². The van der Waals surface area contributed by atoms with E-state index in [0.29, 0.717) is 28.7 Å². The Balaban J connectivity index is 1.45. The molecular weight excluding hydrogens is 560 g/mol. The first kappa shape index (κ1) is 32.0. The highest BCUT2D eigenvalue weighted by atomic mass is 16.5. The van der Waals surface area contributed by atoms with Gasteiger partial charge in [0.2, 0.25) is 5.91 Å². The van der Waals surface area contributed by atoms with Crippen LogP contribution in [0.4, 0.5) is 0 Å². The fourth-order valence-corrected chi connectivity index (χ4v) is 4.41. The van der Waals surface area contributed by atoms with Crippen LogP contribution in [0.15, 0.2) is 65.4 Å². The maximum absolute atomic E-state index is 13.1. The number of benzene rings is 2. The van der Waals surface area contributed by atoms with Crippen LogP contribution >= 0.6 is 0 Å². The Bertz CT molecular complexity index is 1560.